The first kappa shape index (κ1) is 12.9. The Kier molecular flexibility index (Phi) is 5.58. The molecule has 3 unspecified atom stereocenters. The van der Waals surface area contributed by atoms with Crippen LogP contribution in [0.5, 0.6) is 0 Å². The molecular formula is C12H26N2O. The zero-order valence-electron chi connectivity index (χ0n) is 10.6. The van der Waals surface area contributed by atoms with Crippen LogP contribution in [-0.4, -0.2) is 50.8 Å². The Balaban J connectivity index is 2.39. The molecule has 0 aromatic heterocycles. The lowest BCUT2D eigenvalue weighted by Gasteiger charge is -2.38. The lowest BCUT2D eigenvalue weighted by molar-refractivity contribution is 0.0875. The van der Waals surface area contributed by atoms with Crippen LogP contribution >= 0.6 is 0 Å². The molecule has 0 bridgehead atoms. The van der Waals surface area contributed by atoms with Gasteiger partial charge in [0.05, 0.1) is 6.61 Å². The van der Waals surface area contributed by atoms with Gasteiger partial charge in [0.25, 0.3) is 0 Å². The molecule has 0 amide bonds. The fraction of sp³-hybridized carbons (Fsp3) is 1.00. The first-order valence-corrected chi connectivity index (χ1v) is 6.07. The highest BCUT2D eigenvalue weighted by Gasteiger charge is 2.24. The molecule has 1 aliphatic rings. The fourth-order valence-electron chi connectivity index (χ4n) is 2.35. The number of hydrogen-bond donors (Lipinski definition) is 1. The summed E-state index contributed by atoms with van der Waals surface area (Å²) in [5, 5.41) is 3.32. The average molecular weight is 214 g/mol. The topological polar surface area (TPSA) is 24.5 Å². The Morgan fingerprint density at radius 3 is 2.73 bits per heavy atom. The lowest BCUT2D eigenvalue weighted by atomic mass is 9.94. The van der Waals surface area contributed by atoms with Gasteiger partial charge < -0.3 is 10.1 Å². The maximum absolute atomic E-state index is 5.21. The monoisotopic (exact) mass is 214 g/mol. The van der Waals surface area contributed by atoms with Crippen LogP contribution in [0.25, 0.3) is 0 Å². The van der Waals surface area contributed by atoms with E-state index in [2.05, 4.69) is 24.1 Å². The lowest BCUT2D eigenvalue weighted by Crippen LogP contribution is -2.49. The number of hydrogen-bond acceptors (Lipinski definition) is 3. The molecule has 3 atom stereocenters. The second-order valence-corrected chi connectivity index (χ2v) is 4.93. The summed E-state index contributed by atoms with van der Waals surface area (Å²) in [4.78, 5) is 2.59. The van der Waals surface area contributed by atoms with Crippen LogP contribution < -0.4 is 5.32 Å². The van der Waals surface area contributed by atoms with Gasteiger partial charge in [-0.05, 0) is 32.7 Å². The molecule has 1 heterocycles. The maximum atomic E-state index is 5.21. The van der Waals surface area contributed by atoms with E-state index in [9.17, 15) is 0 Å². The van der Waals surface area contributed by atoms with Gasteiger partial charge in [-0.3, -0.25) is 4.90 Å². The summed E-state index contributed by atoms with van der Waals surface area (Å²) in [7, 11) is 3.79. The number of rotatable bonds is 5. The van der Waals surface area contributed by atoms with E-state index in [-0.39, 0.29) is 0 Å². The van der Waals surface area contributed by atoms with Gasteiger partial charge in [-0.15, -0.1) is 0 Å². The number of likely N-dealkylation sites (tertiary alicyclic amines) is 1. The van der Waals surface area contributed by atoms with Crippen LogP contribution in [0.4, 0.5) is 0 Å². The van der Waals surface area contributed by atoms with Gasteiger partial charge in [0.1, 0.15) is 0 Å². The van der Waals surface area contributed by atoms with E-state index in [1.54, 1.807) is 7.11 Å². The smallest absolute Gasteiger partial charge is 0.0628 e. The van der Waals surface area contributed by atoms with Crippen molar-refractivity contribution in [1.82, 2.24) is 10.2 Å². The minimum atomic E-state index is 0.461. The molecule has 90 valence electrons. The molecule has 1 fully saturated rings. The van der Waals surface area contributed by atoms with Crippen LogP contribution in [0.1, 0.15) is 26.7 Å². The van der Waals surface area contributed by atoms with Crippen molar-refractivity contribution >= 4 is 0 Å². The van der Waals surface area contributed by atoms with Crippen molar-refractivity contribution < 1.29 is 4.74 Å². The Morgan fingerprint density at radius 2 is 2.13 bits per heavy atom. The van der Waals surface area contributed by atoms with Gasteiger partial charge in [0.2, 0.25) is 0 Å². The van der Waals surface area contributed by atoms with Crippen molar-refractivity contribution in [2.24, 2.45) is 5.92 Å². The minimum Gasteiger partial charge on any atom is -0.383 e. The second kappa shape index (κ2) is 6.46. The van der Waals surface area contributed by atoms with Gasteiger partial charge in [-0.2, -0.15) is 0 Å². The van der Waals surface area contributed by atoms with Crippen molar-refractivity contribution in [3.8, 4) is 0 Å². The van der Waals surface area contributed by atoms with Gasteiger partial charge in [0, 0.05) is 32.3 Å². The molecule has 0 aromatic carbocycles. The summed E-state index contributed by atoms with van der Waals surface area (Å²) in [6.07, 6.45) is 2.72. The van der Waals surface area contributed by atoms with Gasteiger partial charge in [-0.1, -0.05) is 6.92 Å². The highest BCUT2D eigenvalue weighted by atomic mass is 16.5. The Bertz CT molecular complexity index is 175. The number of piperidine rings is 1. The minimum absolute atomic E-state index is 0.461. The highest BCUT2D eigenvalue weighted by Crippen LogP contribution is 2.21. The van der Waals surface area contributed by atoms with Crippen molar-refractivity contribution in [3.05, 3.63) is 0 Å². The summed E-state index contributed by atoms with van der Waals surface area (Å²) in [6, 6.07) is 1.19. The number of likely N-dealkylation sites (N-methyl/N-ethyl adjacent to an activating group) is 1. The fourth-order valence-corrected chi connectivity index (χ4v) is 2.35. The van der Waals surface area contributed by atoms with Gasteiger partial charge in [-0.25, -0.2) is 0 Å². The SMILES string of the molecule is CNC(COC)CN1CC(C)CCC1C. The first-order valence-electron chi connectivity index (χ1n) is 6.07. The number of nitrogens with zero attached hydrogens (tertiary/aromatic N) is 1. The van der Waals surface area contributed by atoms with E-state index >= 15 is 0 Å². The van der Waals surface area contributed by atoms with Crippen LogP contribution in [0.3, 0.4) is 0 Å². The normalized spacial score (nSPS) is 30.4. The van der Waals surface area contributed by atoms with Crippen LogP contribution in [-0.2, 0) is 4.74 Å². The highest BCUT2D eigenvalue weighted by molar-refractivity contribution is 4.80. The van der Waals surface area contributed by atoms with E-state index in [1.807, 2.05) is 7.05 Å². The Hall–Kier alpha value is -0.120. The molecule has 0 radical (unpaired) electrons. The third-order valence-corrected chi connectivity index (χ3v) is 3.48. The van der Waals surface area contributed by atoms with E-state index < -0.39 is 0 Å². The third-order valence-electron chi connectivity index (χ3n) is 3.48. The van der Waals surface area contributed by atoms with Crippen LogP contribution in [0, 0.1) is 5.92 Å². The third kappa shape index (κ3) is 4.09. The molecule has 1 rings (SSSR count). The Labute approximate surface area is 94.2 Å². The summed E-state index contributed by atoms with van der Waals surface area (Å²) < 4.78 is 5.21. The average Bonchev–Trinajstić information content (AvgIpc) is 2.22. The van der Waals surface area contributed by atoms with Crippen LogP contribution in [0.15, 0.2) is 0 Å². The molecule has 15 heavy (non-hydrogen) atoms. The van der Waals surface area contributed by atoms with Crippen LogP contribution in [0.2, 0.25) is 0 Å². The number of nitrogens with one attached hydrogen (secondary N) is 1. The molecule has 1 aliphatic heterocycles. The Morgan fingerprint density at radius 1 is 1.40 bits per heavy atom. The quantitative estimate of drug-likeness (QED) is 0.747. The predicted molar refractivity (Wildman–Crippen MR) is 64.2 cm³/mol. The number of methoxy groups -OCH3 is 1. The zero-order valence-corrected chi connectivity index (χ0v) is 10.6. The maximum Gasteiger partial charge on any atom is 0.0628 e. The first-order chi connectivity index (χ1) is 7.17. The van der Waals surface area contributed by atoms with E-state index in [0.29, 0.717) is 6.04 Å². The van der Waals surface area contributed by atoms with Crippen molar-refractivity contribution in [1.29, 1.82) is 0 Å². The molecule has 3 nitrogen and oxygen atoms in total. The van der Waals surface area contributed by atoms with E-state index in [0.717, 1.165) is 25.1 Å². The largest absolute Gasteiger partial charge is 0.383 e. The molecule has 3 heteroatoms. The summed E-state index contributed by atoms with van der Waals surface area (Å²) in [5.41, 5.74) is 0. The molecule has 1 N–H and O–H groups in total. The molecule has 0 aromatic rings. The summed E-state index contributed by atoms with van der Waals surface area (Å²) in [5.74, 6) is 0.848. The summed E-state index contributed by atoms with van der Waals surface area (Å²) in [6.45, 7) is 7.84. The molecular weight excluding hydrogens is 188 g/mol. The zero-order chi connectivity index (χ0) is 11.3. The van der Waals surface area contributed by atoms with Crippen molar-refractivity contribution in [3.63, 3.8) is 0 Å². The molecule has 0 spiro atoms. The van der Waals surface area contributed by atoms with Crippen molar-refractivity contribution in [2.75, 3.05) is 33.9 Å². The van der Waals surface area contributed by atoms with Gasteiger partial charge in [0.15, 0.2) is 0 Å². The van der Waals surface area contributed by atoms with E-state index in [1.165, 1.54) is 19.4 Å². The molecule has 0 aliphatic carbocycles. The molecule has 0 saturated carbocycles. The van der Waals surface area contributed by atoms with E-state index in [4.69, 9.17) is 4.74 Å². The second-order valence-electron chi connectivity index (χ2n) is 4.93. The number of ether oxygens (including phenoxy) is 1. The summed E-state index contributed by atoms with van der Waals surface area (Å²) >= 11 is 0. The van der Waals surface area contributed by atoms with Crippen molar-refractivity contribution in [2.45, 2.75) is 38.8 Å². The van der Waals surface area contributed by atoms with Gasteiger partial charge >= 0.3 is 0 Å². The standard InChI is InChI=1S/C12H26N2O/c1-10-5-6-11(2)14(7-10)8-12(13-3)9-15-4/h10-13H,5-9H2,1-4H3. The molecule has 1 saturated heterocycles. The predicted octanol–water partition coefficient (Wildman–Crippen LogP) is 1.34.